The van der Waals surface area contributed by atoms with E-state index in [0.29, 0.717) is 0 Å². The standard InChI is InChI=1S/C18H30N2O2/c1-12(2)22-16-10-13(3)17(14(4)11-16)18(21)15(5)20-8-6-19-7-9-20/h10-12,15,18-19,21H,6-9H2,1-5H3. The Morgan fingerprint density at radius 2 is 1.64 bits per heavy atom. The molecule has 1 aliphatic rings. The number of piperazine rings is 1. The van der Waals surface area contributed by atoms with E-state index in [9.17, 15) is 5.11 Å². The number of hydrogen-bond acceptors (Lipinski definition) is 4. The SMILES string of the molecule is Cc1cc(OC(C)C)cc(C)c1C(O)C(C)N1CCNCC1. The van der Waals surface area contributed by atoms with Crippen molar-refractivity contribution in [2.75, 3.05) is 26.2 Å². The van der Waals surface area contributed by atoms with Crippen molar-refractivity contribution in [3.05, 3.63) is 28.8 Å². The topological polar surface area (TPSA) is 44.7 Å². The fourth-order valence-electron chi connectivity index (χ4n) is 3.27. The van der Waals surface area contributed by atoms with E-state index in [2.05, 4.69) is 31.0 Å². The highest BCUT2D eigenvalue weighted by Crippen LogP contribution is 2.31. The Labute approximate surface area is 134 Å². The number of nitrogens with zero attached hydrogens (tertiary/aromatic N) is 1. The highest BCUT2D eigenvalue weighted by atomic mass is 16.5. The molecule has 22 heavy (non-hydrogen) atoms. The minimum absolute atomic E-state index is 0.122. The van der Waals surface area contributed by atoms with E-state index in [4.69, 9.17) is 4.74 Å². The van der Waals surface area contributed by atoms with Crippen molar-refractivity contribution in [2.45, 2.75) is 52.9 Å². The third-order valence-electron chi connectivity index (χ3n) is 4.42. The lowest BCUT2D eigenvalue weighted by molar-refractivity contribution is 0.0502. The lowest BCUT2D eigenvalue weighted by Gasteiger charge is -2.36. The van der Waals surface area contributed by atoms with Crippen LogP contribution in [0.2, 0.25) is 0 Å². The van der Waals surface area contributed by atoms with Crippen LogP contribution in [0.4, 0.5) is 0 Å². The van der Waals surface area contributed by atoms with Crippen molar-refractivity contribution in [3.8, 4) is 5.75 Å². The largest absolute Gasteiger partial charge is 0.491 e. The molecule has 1 heterocycles. The van der Waals surface area contributed by atoms with Crippen molar-refractivity contribution in [1.82, 2.24) is 10.2 Å². The molecular weight excluding hydrogens is 276 g/mol. The highest BCUT2D eigenvalue weighted by molar-refractivity contribution is 5.43. The van der Waals surface area contributed by atoms with Gasteiger partial charge in [0.25, 0.3) is 0 Å². The first-order valence-electron chi connectivity index (χ1n) is 8.30. The van der Waals surface area contributed by atoms with Crippen LogP contribution in [0.5, 0.6) is 5.75 Å². The van der Waals surface area contributed by atoms with Crippen molar-refractivity contribution >= 4 is 0 Å². The van der Waals surface area contributed by atoms with Gasteiger partial charge in [-0.05, 0) is 63.4 Å². The molecule has 1 fully saturated rings. The second kappa shape index (κ2) is 7.44. The molecule has 2 unspecified atom stereocenters. The van der Waals surface area contributed by atoms with Gasteiger partial charge in [0, 0.05) is 32.2 Å². The van der Waals surface area contributed by atoms with E-state index in [0.717, 1.165) is 48.6 Å². The minimum Gasteiger partial charge on any atom is -0.491 e. The molecule has 0 saturated carbocycles. The Bertz CT molecular complexity index is 473. The van der Waals surface area contributed by atoms with Crippen LogP contribution in [0.3, 0.4) is 0 Å². The molecule has 0 aromatic heterocycles. The first-order chi connectivity index (χ1) is 10.4. The zero-order valence-electron chi connectivity index (χ0n) is 14.5. The Kier molecular flexibility index (Phi) is 5.84. The fourth-order valence-corrected chi connectivity index (χ4v) is 3.27. The van der Waals surface area contributed by atoms with Gasteiger partial charge in [0.05, 0.1) is 12.2 Å². The molecular formula is C18H30N2O2. The Morgan fingerprint density at radius 3 is 2.14 bits per heavy atom. The summed E-state index contributed by atoms with van der Waals surface area (Å²) in [5, 5.41) is 14.2. The number of aliphatic hydroxyl groups is 1. The predicted octanol–water partition coefficient (Wildman–Crippen LogP) is 2.42. The first-order valence-corrected chi connectivity index (χ1v) is 8.30. The zero-order chi connectivity index (χ0) is 16.3. The third kappa shape index (κ3) is 4.00. The number of ether oxygens (including phenoxy) is 1. The molecule has 0 amide bonds. The van der Waals surface area contributed by atoms with Gasteiger partial charge in [0.15, 0.2) is 0 Å². The van der Waals surface area contributed by atoms with Gasteiger partial charge in [-0.25, -0.2) is 0 Å². The molecule has 2 rings (SSSR count). The molecule has 0 radical (unpaired) electrons. The molecule has 0 spiro atoms. The zero-order valence-corrected chi connectivity index (χ0v) is 14.5. The van der Waals surface area contributed by atoms with E-state index < -0.39 is 6.10 Å². The summed E-state index contributed by atoms with van der Waals surface area (Å²) in [6.07, 6.45) is -0.305. The van der Waals surface area contributed by atoms with Gasteiger partial charge in [-0.15, -0.1) is 0 Å². The van der Waals surface area contributed by atoms with Crippen molar-refractivity contribution < 1.29 is 9.84 Å². The normalized spacial score (nSPS) is 19.2. The van der Waals surface area contributed by atoms with Gasteiger partial charge in [0.1, 0.15) is 5.75 Å². The van der Waals surface area contributed by atoms with Gasteiger partial charge in [0.2, 0.25) is 0 Å². The van der Waals surface area contributed by atoms with Crippen LogP contribution in [0.25, 0.3) is 0 Å². The fraction of sp³-hybridized carbons (Fsp3) is 0.667. The van der Waals surface area contributed by atoms with Crippen molar-refractivity contribution in [3.63, 3.8) is 0 Å². The summed E-state index contributed by atoms with van der Waals surface area (Å²) < 4.78 is 5.79. The molecule has 0 aliphatic carbocycles. The average Bonchev–Trinajstić information content (AvgIpc) is 2.45. The van der Waals surface area contributed by atoms with E-state index in [1.54, 1.807) is 0 Å². The summed E-state index contributed by atoms with van der Waals surface area (Å²) in [4.78, 5) is 2.36. The number of aryl methyl sites for hydroxylation is 2. The summed E-state index contributed by atoms with van der Waals surface area (Å²) in [5.74, 6) is 0.885. The maximum atomic E-state index is 10.9. The lowest BCUT2D eigenvalue weighted by Crippen LogP contribution is -2.49. The van der Waals surface area contributed by atoms with Gasteiger partial charge in [-0.1, -0.05) is 0 Å². The lowest BCUT2D eigenvalue weighted by atomic mass is 9.93. The highest BCUT2D eigenvalue weighted by Gasteiger charge is 2.26. The first kappa shape index (κ1) is 17.3. The molecule has 1 aliphatic heterocycles. The smallest absolute Gasteiger partial charge is 0.120 e. The van der Waals surface area contributed by atoms with Crippen LogP contribution in [0.15, 0.2) is 12.1 Å². The number of rotatable bonds is 5. The van der Waals surface area contributed by atoms with Crippen LogP contribution < -0.4 is 10.1 Å². The van der Waals surface area contributed by atoms with Crippen LogP contribution in [-0.4, -0.2) is 48.3 Å². The summed E-state index contributed by atoms with van der Waals surface area (Å²) in [6, 6.07) is 4.20. The molecule has 1 aromatic carbocycles. The Balaban J connectivity index is 2.19. The minimum atomic E-state index is -0.466. The second-order valence-electron chi connectivity index (χ2n) is 6.61. The summed E-state index contributed by atoms with van der Waals surface area (Å²) in [7, 11) is 0. The molecule has 2 N–H and O–H groups in total. The van der Waals surface area contributed by atoms with Crippen molar-refractivity contribution in [1.29, 1.82) is 0 Å². The van der Waals surface area contributed by atoms with Gasteiger partial charge in [-0.3, -0.25) is 4.90 Å². The van der Waals surface area contributed by atoms with E-state index in [1.807, 2.05) is 26.0 Å². The number of nitrogens with one attached hydrogen (secondary N) is 1. The Morgan fingerprint density at radius 1 is 1.09 bits per heavy atom. The maximum absolute atomic E-state index is 10.9. The molecule has 4 nitrogen and oxygen atoms in total. The predicted molar refractivity (Wildman–Crippen MR) is 90.5 cm³/mol. The summed E-state index contributed by atoms with van der Waals surface area (Å²) >= 11 is 0. The van der Waals surface area contributed by atoms with Gasteiger partial charge in [-0.2, -0.15) is 0 Å². The van der Waals surface area contributed by atoms with Crippen LogP contribution in [0.1, 0.15) is 43.6 Å². The summed E-state index contributed by atoms with van der Waals surface area (Å²) in [5.41, 5.74) is 3.25. The van der Waals surface area contributed by atoms with E-state index >= 15 is 0 Å². The summed E-state index contributed by atoms with van der Waals surface area (Å²) in [6.45, 7) is 14.3. The molecule has 0 bridgehead atoms. The van der Waals surface area contributed by atoms with Gasteiger partial charge < -0.3 is 15.2 Å². The van der Waals surface area contributed by atoms with Crippen LogP contribution >= 0.6 is 0 Å². The number of benzene rings is 1. The van der Waals surface area contributed by atoms with E-state index in [-0.39, 0.29) is 12.1 Å². The average molecular weight is 306 g/mol. The second-order valence-corrected chi connectivity index (χ2v) is 6.61. The van der Waals surface area contributed by atoms with Crippen molar-refractivity contribution in [2.24, 2.45) is 0 Å². The monoisotopic (exact) mass is 306 g/mol. The number of aliphatic hydroxyl groups excluding tert-OH is 1. The molecule has 1 saturated heterocycles. The number of hydrogen-bond donors (Lipinski definition) is 2. The van der Waals surface area contributed by atoms with E-state index in [1.165, 1.54) is 0 Å². The van der Waals surface area contributed by atoms with Gasteiger partial charge >= 0.3 is 0 Å². The molecule has 1 aromatic rings. The molecule has 124 valence electrons. The Hall–Kier alpha value is -1.10. The van der Waals surface area contributed by atoms with Crippen LogP contribution in [-0.2, 0) is 0 Å². The molecule has 4 heteroatoms. The maximum Gasteiger partial charge on any atom is 0.120 e. The quantitative estimate of drug-likeness (QED) is 0.877. The molecule has 2 atom stereocenters. The third-order valence-corrected chi connectivity index (χ3v) is 4.42. The van der Waals surface area contributed by atoms with Crippen LogP contribution in [0, 0.1) is 13.8 Å².